The van der Waals surface area contributed by atoms with Gasteiger partial charge in [0, 0.05) is 24.1 Å². The minimum Gasteiger partial charge on any atom is -0.376 e. The maximum Gasteiger partial charge on any atom is 0.315 e. The summed E-state index contributed by atoms with van der Waals surface area (Å²) >= 11 is 1.56. The Hall–Kier alpha value is -1.92. The highest BCUT2D eigenvalue weighted by Gasteiger charge is 2.18. The van der Waals surface area contributed by atoms with Gasteiger partial charge < -0.3 is 15.4 Å². The van der Waals surface area contributed by atoms with E-state index in [-0.39, 0.29) is 18.2 Å². The topological polar surface area (TPSA) is 63.2 Å². The Morgan fingerprint density at radius 3 is 3.00 bits per heavy atom. The van der Waals surface area contributed by atoms with Crippen molar-refractivity contribution in [1.82, 2.24) is 15.6 Å². The Labute approximate surface area is 140 Å². The van der Waals surface area contributed by atoms with E-state index >= 15 is 0 Å². The molecular formula is C17H21N3O2S. The number of ether oxygens (including phenoxy) is 1. The molecule has 1 aliphatic rings. The molecule has 2 aromatic rings. The highest BCUT2D eigenvalue weighted by Crippen LogP contribution is 2.25. The Balaban J connectivity index is 1.52. The quantitative estimate of drug-likeness (QED) is 0.883. The highest BCUT2D eigenvalue weighted by molar-refractivity contribution is 7.10. The molecule has 5 nitrogen and oxygen atoms in total. The first-order chi connectivity index (χ1) is 11.2. The summed E-state index contributed by atoms with van der Waals surface area (Å²) in [6.07, 6.45) is 2.25. The molecule has 2 amide bonds. The molecule has 0 unspecified atom stereocenters. The molecule has 23 heavy (non-hydrogen) atoms. The first-order valence-electron chi connectivity index (χ1n) is 7.89. The Morgan fingerprint density at radius 1 is 1.43 bits per heavy atom. The number of rotatable bonds is 5. The number of hydrogen-bond donors (Lipinski definition) is 2. The van der Waals surface area contributed by atoms with Crippen LogP contribution in [0, 0.1) is 0 Å². The molecule has 2 heterocycles. The van der Waals surface area contributed by atoms with Crippen molar-refractivity contribution < 1.29 is 9.53 Å². The van der Waals surface area contributed by atoms with Crippen LogP contribution in [0.4, 0.5) is 4.79 Å². The summed E-state index contributed by atoms with van der Waals surface area (Å²) < 4.78 is 5.49. The van der Waals surface area contributed by atoms with Gasteiger partial charge in [0.1, 0.15) is 5.01 Å². The van der Waals surface area contributed by atoms with E-state index in [2.05, 4.69) is 15.6 Å². The van der Waals surface area contributed by atoms with E-state index < -0.39 is 0 Å². The molecule has 2 atom stereocenters. The Morgan fingerprint density at radius 2 is 2.26 bits per heavy atom. The molecule has 1 fully saturated rings. The highest BCUT2D eigenvalue weighted by atomic mass is 32.1. The van der Waals surface area contributed by atoms with Gasteiger partial charge in [0.05, 0.1) is 17.8 Å². The fourth-order valence-corrected chi connectivity index (χ4v) is 3.38. The van der Waals surface area contributed by atoms with Gasteiger partial charge in [-0.2, -0.15) is 0 Å². The summed E-state index contributed by atoms with van der Waals surface area (Å²) in [5, 5.41) is 8.71. The summed E-state index contributed by atoms with van der Waals surface area (Å²) in [5.41, 5.74) is 2.03. The Bertz CT molecular complexity index is 638. The first-order valence-corrected chi connectivity index (χ1v) is 8.77. The zero-order valence-electron chi connectivity index (χ0n) is 13.1. The second kappa shape index (κ2) is 7.57. The van der Waals surface area contributed by atoms with E-state index in [0.29, 0.717) is 6.54 Å². The van der Waals surface area contributed by atoms with Crippen molar-refractivity contribution in [2.24, 2.45) is 0 Å². The van der Waals surface area contributed by atoms with Gasteiger partial charge in [-0.05, 0) is 19.8 Å². The lowest BCUT2D eigenvalue weighted by atomic mass is 10.2. The number of aromatic nitrogens is 1. The average molecular weight is 331 g/mol. The van der Waals surface area contributed by atoms with Crippen molar-refractivity contribution in [3.05, 3.63) is 40.7 Å². The molecule has 0 spiro atoms. The van der Waals surface area contributed by atoms with Gasteiger partial charge in [0.15, 0.2) is 0 Å². The second-order valence-corrected chi connectivity index (χ2v) is 6.54. The molecule has 6 heteroatoms. The van der Waals surface area contributed by atoms with Crippen LogP contribution >= 0.6 is 11.3 Å². The summed E-state index contributed by atoms with van der Waals surface area (Å²) in [6, 6.07) is 9.74. The third-order valence-electron chi connectivity index (χ3n) is 3.82. The third-order valence-corrected chi connectivity index (χ3v) is 4.85. The van der Waals surface area contributed by atoms with Crippen molar-refractivity contribution in [3.8, 4) is 11.3 Å². The van der Waals surface area contributed by atoms with Gasteiger partial charge >= 0.3 is 6.03 Å². The second-order valence-electron chi connectivity index (χ2n) is 5.65. The van der Waals surface area contributed by atoms with E-state index in [4.69, 9.17) is 4.74 Å². The van der Waals surface area contributed by atoms with Crippen LogP contribution in [0.2, 0.25) is 0 Å². The standard InChI is InChI=1S/C17H21N3O2S/c1-12(19-17(21)18-10-14-8-5-9-22-14)16-20-15(11-23-16)13-6-3-2-4-7-13/h2-4,6-7,11-12,14H,5,8-10H2,1H3,(H2,18,19,21)/t12-,14+/m0/s1. The van der Waals surface area contributed by atoms with E-state index in [0.717, 1.165) is 35.7 Å². The van der Waals surface area contributed by atoms with Gasteiger partial charge in [-0.15, -0.1) is 11.3 Å². The fourth-order valence-electron chi connectivity index (χ4n) is 2.55. The van der Waals surface area contributed by atoms with Gasteiger partial charge in [-0.3, -0.25) is 0 Å². The van der Waals surface area contributed by atoms with Gasteiger partial charge in [0.2, 0.25) is 0 Å². The van der Waals surface area contributed by atoms with Crippen LogP contribution in [-0.2, 0) is 4.74 Å². The number of hydrogen-bond acceptors (Lipinski definition) is 4. The normalized spacial score (nSPS) is 18.6. The first kappa shape index (κ1) is 16.0. The maximum absolute atomic E-state index is 12.0. The molecule has 1 aromatic heterocycles. The van der Waals surface area contributed by atoms with E-state index in [1.54, 1.807) is 11.3 Å². The van der Waals surface area contributed by atoms with Crippen LogP contribution in [0.15, 0.2) is 35.7 Å². The summed E-state index contributed by atoms with van der Waals surface area (Å²) in [7, 11) is 0. The molecular weight excluding hydrogens is 310 g/mol. The van der Waals surface area contributed by atoms with Crippen molar-refractivity contribution in [2.75, 3.05) is 13.2 Å². The van der Waals surface area contributed by atoms with E-state index in [1.807, 2.05) is 42.6 Å². The van der Waals surface area contributed by atoms with Crippen molar-refractivity contribution >= 4 is 17.4 Å². The lowest BCUT2D eigenvalue weighted by molar-refractivity contribution is 0.111. The predicted molar refractivity (Wildman–Crippen MR) is 91.5 cm³/mol. The van der Waals surface area contributed by atoms with Crippen LogP contribution in [0.3, 0.4) is 0 Å². The molecule has 1 saturated heterocycles. The number of nitrogens with zero attached hydrogens (tertiary/aromatic N) is 1. The van der Waals surface area contributed by atoms with Gasteiger partial charge in [0.25, 0.3) is 0 Å². The van der Waals surface area contributed by atoms with Crippen molar-refractivity contribution in [1.29, 1.82) is 0 Å². The minimum atomic E-state index is -0.176. The van der Waals surface area contributed by atoms with Crippen LogP contribution in [-0.4, -0.2) is 30.3 Å². The lowest BCUT2D eigenvalue weighted by Crippen LogP contribution is -2.40. The number of carbonyl (C=O) groups excluding carboxylic acids is 1. The molecule has 1 aromatic carbocycles. The number of nitrogens with one attached hydrogen (secondary N) is 2. The smallest absolute Gasteiger partial charge is 0.315 e. The third kappa shape index (κ3) is 4.30. The molecule has 122 valence electrons. The van der Waals surface area contributed by atoms with Gasteiger partial charge in [-0.25, -0.2) is 9.78 Å². The summed E-state index contributed by atoms with van der Waals surface area (Å²) in [4.78, 5) is 16.6. The fraction of sp³-hybridized carbons (Fsp3) is 0.412. The molecule has 0 saturated carbocycles. The van der Waals surface area contributed by atoms with E-state index in [1.165, 1.54) is 0 Å². The molecule has 0 aliphatic carbocycles. The molecule has 0 bridgehead atoms. The van der Waals surface area contributed by atoms with Crippen LogP contribution < -0.4 is 10.6 Å². The molecule has 2 N–H and O–H groups in total. The lowest BCUT2D eigenvalue weighted by Gasteiger charge is -2.14. The van der Waals surface area contributed by atoms with Crippen molar-refractivity contribution in [3.63, 3.8) is 0 Å². The zero-order chi connectivity index (χ0) is 16.1. The molecule has 3 rings (SSSR count). The zero-order valence-corrected chi connectivity index (χ0v) is 13.9. The van der Waals surface area contributed by atoms with Crippen LogP contribution in [0.25, 0.3) is 11.3 Å². The van der Waals surface area contributed by atoms with Gasteiger partial charge in [-0.1, -0.05) is 30.3 Å². The Kier molecular flexibility index (Phi) is 5.25. The number of carbonyl (C=O) groups is 1. The number of urea groups is 1. The number of benzene rings is 1. The van der Waals surface area contributed by atoms with E-state index in [9.17, 15) is 4.79 Å². The average Bonchev–Trinajstić information content (AvgIpc) is 3.25. The van der Waals surface area contributed by atoms with Crippen LogP contribution in [0.5, 0.6) is 0 Å². The number of thiazole rings is 1. The largest absolute Gasteiger partial charge is 0.376 e. The van der Waals surface area contributed by atoms with Crippen molar-refractivity contribution in [2.45, 2.75) is 31.9 Å². The molecule has 0 radical (unpaired) electrons. The maximum atomic E-state index is 12.0. The SMILES string of the molecule is C[C@H](NC(=O)NC[C@H]1CCCO1)c1nc(-c2ccccc2)cs1. The molecule has 1 aliphatic heterocycles. The van der Waals surface area contributed by atoms with Crippen LogP contribution in [0.1, 0.15) is 30.8 Å². The minimum absolute atomic E-state index is 0.123. The number of amides is 2. The summed E-state index contributed by atoms with van der Waals surface area (Å²) in [5.74, 6) is 0. The summed E-state index contributed by atoms with van der Waals surface area (Å²) in [6.45, 7) is 3.30. The monoisotopic (exact) mass is 331 g/mol. The predicted octanol–water partition coefficient (Wildman–Crippen LogP) is 3.35.